The molecule has 0 spiro atoms. The number of halogens is 2. The van der Waals surface area contributed by atoms with Crippen LogP contribution in [0.2, 0.25) is 0 Å². The van der Waals surface area contributed by atoms with Crippen molar-refractivity contribution in [3.8, 4) is 0 Å². The van der Waals surface area contributed by atoms with Crippen LogP contribution in [0.15, 0.2) is 0 Å². The predicted molar refractivity (Wildman–Crippen MR) is 47.8 cm³/mol. The van der Waals surface area contributed by atoms with Crippen LogP contribution < -0.4 is 24.8 Å². The third kappa shape index (κ3) is 6.76. The molecular formula is C4H16Cl2O4P2. The summed E-state index contributed by atoms with van der Waals surface area (Å²) in [7, 11) is -2.20. The molecule has 0 fully saturated rings. The SMILES string of the molecule is OC[P+](CO)(CO)CO.[Cl-].[Cl-].[PH4+]. The van der Waals surface area contributed by atoms with Crippen LogP contribution in [0.4, 0.5) is 0 Å². The van der Waals surface area contributed by atoms with Crippen LogP contribution in [-0.2, 0) is 0 Å². The van der Waals surface area contributed by atoms with Gasteiger partial charge in [0, 0.05) is 0 Å². The van der Waals surface area contributed by atoms with Crippen molar-refractivity contribution in [2.75, 3.05) is 25.4 Å². The zero-order valence-corrected chi connectivity index (χ0v) is 11.2. The summed E-state index contributed by atoms with van der Waals surface area (Å²) in [5.74, 6) is 0. The number of hydrogen-bond acceptors (Lipinski definition) is 4. The molecule has 80 valence electrons. The van der Waals surface area contributed by atoms with Crippen molar-refractivity contribution in [3.63, 3.8) is 0 Å². The van der Waals surface area contributed by atoms with E-state index in [4.69, 9.17) is 20.4 Å². The smallest absolute Gasteiger partial charge is 0.161 e. The second kappa shape index (κ2) is 12.3. The Kier molecular flexibility index (Phi) is 23.8. The van der Waals surface area contributed by atoms with E-state index in [0.29, 0.717) is 0 Å². The second-order valence-corrected chi connectivity index (χ2v) is 5.72. The Morgan fingerprint density at radius 2 is 0.833 bits per heavy atom. The molecule has 0 rings (SSSR count). The Bertz CT molecular complexity index is 65.9. The zero-order chi connectivity index (χ0) is 7.33. The lowest BCUT2D eigenvalue weighted by molar-refractivity contribution is -0.001000. The van der Waals surface area contributed by atoms with Crippen LogP contribution in [-0.4, -0.2) is 45.8 Å². The van der Waals surface area contributed by atoms with Gasteiger partial charge in [0.25, 0.3) is 0 Å². The van der Waals surface area contributed by atoms with Gasteiger partial charge in [-0.2, -0.15) is 0 Å². The first-order chi connectivity index (χ1) is 4.24. The van der Waals surface area contributed by atoms with Gasteiger partial charge in [-0.1, -0.05) is 0 Å². The zero-order valence-electron chi connectivity index (χ0n) is 6.82. The van der Waals surface area contributed by atoms with E-state index in [2.05, 4.69) is 0 Å². The summed E-state index contributed by atoms with van der Waals surface area (Å²) in [4.78, 5) is 0. The summed E-state index contributed by atoms with van der Waals surface area (Å²) in [6.45, 7) is 0. The fraction of sp³-hybridized carbons (Fsp3) is 1.00. The maximum atomic E-state index is 8.55. The molecule has 0 saturated carbocycles. The average Bonchev–Trinajstić information content (AvgIpc) is 1.95. The quantitative estimate of drug-likeness (QED) is 0.379. The minimum absolute atomic E-state index is 0. The summed E-state index contributed by atoms with van der Waals surface area (Å²) in [5.41, 5.74) is 0. The van der Waals surface area contributed by atoms with Crippen LogP contribution in [0.25, 0.3) is 0 Å². The molecule has 0 aliphatic rings. The van der Waals surface area contributed by atoms with E-state index in [1.807, 2.05) is 0 Å². The number of hydrogen-bond donors (Lipinski definition) is 4. The van der Waals surface area contributed by atoms with Crippen LogP contribution >= 0.6 is 17.2 Å². The van der Waals surface area contributed by atoms with E-state index in [0.717, 1.165) is 0 Å². The van der Waals surface area contributed by atoms with Crippen LogP contribution in [0.5, 0.6) is 0 Å². The summed E-state index contributed by atoms with van der Waals surface area (Å²) >= 11 is 0. The lowest BCUT2D eigenvalue weighted by Gasteiger charge is -2.15. The summed E-state index contributed by atoms with van der Waals surface area (Å²) in [6.07, 6.45) is -1.18. The molecule has 0 bridgehead atoms. The minimum atomic E-state index is -2.20. The fourth-order valence-electron chi connectivity index (χ4n) is 0.268. The maximum Gasteiger partial charge on any atom is 0.161 e. The number of aliphatic hydroxyl groups excluding tert-OH is 4. The predicted octanol–water partition coefficient (Wildman–Crippen LogP) is -7.40. The Labute approximate surface area is 88.2 Å². The van der Waals surface area contributed by atoms with Gasteiger partial charge in [-0.05, 0) is 9.90 Å². The van der Waals surface area contributed by atoms with Gasteiger partial charge in [-0.15, -0.1) is 0 Å². The van der Waals surface area contributed by atoms with Gasteiger partial charge in [0.1, 0.15) is 7.26 Å². The van der Waals surface area contributed by atoms with Crippen LogP contribution in [0.3, 0.4) is 0 Å². The molecule has 0 radical (unpaired) electrons. The average molecular weight is 261 g/mol. The molecule has 0 aliphatic carbocycles. The molecule has 0 aliphatic heterocycles. The van der Waals surface area contributed by atoms with Gasteiger partial charge < -0.3 is 45.2 Å². The first-order valence-electron chi connectivity index (χ1n) is 2.53. The summed E-state index contributed by atoms with van der Waals surface area (Å²) in [6, 6.07) is 0. The molecule has 0 saturated heterocycles. The van der Waals surface area contributed by atoms with Crippen molar-refractivity contribution in [1.82, 2.24) is 0 Å². The van der Waals surface area contributed by atoms with Gasteiger partial charge in [-0.25, -0.2) is 0 Å². The van der Waals surface area contributed by atoms with Gasteiger partial charge in [0.2, 0.25) is 0 Å². The van der Waals surface area contributed by atoms with Crippen molar-refractivity contribution >= 4 is 17.2 Å². The van der Waals surface area contributed by atoms with E-state index in [9.17, 15) is 0 Å². The highest BCUT2D eigenvalue weighted by molar-refractivity contribution is 7.75. The van der Waals surface area contributed by atoms with E-state index in [1.54, 1.807) is 0 Å². The normalized spacial score (nSPS) is 9.00. The Balaban J connectivity index is -0.000000107. The minimum Gasteiger partial charge on any atom is -1.00 e. The maximum absolute atomic E-state index is 8.55. The molecule has 0 amide bonds. The molecule has 4 N–H and O–H groups in total. The largest absolute Gasteiger partial charge is 1.00 e. The summed E-state index contributed by atoms with van der Waals surface area (Å²) < 4.78 is 0. The van der Waals surface area contributed by atoms with E-state index in [-0.39, 0.29) is 60.1 Å². The highest BCUT2D eigenvalue weighted by Crippen LogP contribution is 2.54. The fourth-order valence-corrected chi connectivity index (χ4v) is 0.805. The molecule has 0 aromatic heterocycles. The van der Waals surface area contributed by atoms with Gasteiger partial charge in [0.05, 0.1) is 0 Å². The lowest BCUT2D eigenvalue weighted by Crippen LogP contribution is -3.00. The standard InChI is InChI=1S/C4H12O4P.2ClH.H3P/c5-1-9(2-6,3-7)4-8;;;/h5-8H,1-4H2;2*1H;1H3/q+1;;;/p-1. The topological polar surface area (TPSA) is 80.9 Å². The third-order valence-electron chi connectivity index (χ3n) is 1.20. The van der Waals surface area contributed by atoms with E-state index < -0.39 is 7.26 Å². The number of rotatable bonds is 4. The van der Waals surface area contributed by atoms with Crippen molar-refractivity contribution in [2.45, 2.75) is 0 Å². The molecule has 12 heavy (non-hydrogen) atoms. The lowest BCUT2D eigenvalue weighted by atomic mass is 11.6. The van der Waals surface area contributed by atoms with Crippen molar-refractivity contribution < 1.29 is 45.2 Å². The Hall–Kier alpha value is 1.28. The highest BCUT2D eigenvalue weighted by Gasteiger charge is 2.34. The Morgan fingerprint density at radius 3 is 0.833 bits per heavy atom. The third-order valence-corrected chi connectivity index (χ3v) is 3.60. The van der Waals surface area contributed by atoms with Crippen molar-refractivity contribution in [1.29, 1.82) is 0 Å². The first-order valence-corrected chi connectivity index (χ1v) is 5.06. The molecule has 0 heterocycles. The second-order valence-electron chi connectivity index (χ2n) is 1.91. The molecular weight excluding hydrogens is 245 g/mol. The van der Waals surface area contributed by atoms with Crippen molar-refractivity contribution in [3.05, 3.63) is 0 Å². The van der Waals surface area contributed by atoms with Crippen molar-refractivity contribution in [2.24, 2.45) is 0 Å². The number of aliphatic hydroxyl groups is 4. The highest BCUT2D eigenvalue weighted by atomic mass is 35.5. The van der Waals surface area contributed by atoms with Crippen LogP contribution in [0, 0.1) is 0 Å². The molecule has 8 heteroatoms. The van der Waals surface area contributed by atoms with Gasteiger partial charge in [-0.3, -0.25) is 0 Å². The monoisotopic (exact) mass is 260 g/mol. The van der Waals surface area contributed by atoms with Gasteiger partial charge >= 0.3 is 0 Å². The van der Waals surface area contributed by atoms with E-state index in [1.165, 1.54) is 0 Å². The van der Waals surface area contributed by atoms with E-state index >= 15 is 0 Å². The molecule has 0 aromatic carbocycles. The Morgan fingerprint density at radius 1 is 0.667 bits per heavy atom. The van der Waals surface area contributed by atoms with Gasteiger partial charge in [0.15, 0.2) is 25.4 Å². The molecule has 0 aromatic rings. The first kappa shape index (κ1) is 23.3. The molecule has 1 atom stereocenters. The van der Waals surface area contributed by atoms with Crippen LogP contribution in [0.1, 0.15) is 0 Å². The molecule has 4 nitrogen and oxygen atoms in total. The summed E-state index contributed by atoms with van der Waals surface area (Å²) in [5, 5.41) is 34.2. The molecule has 1 unspecified atom stereocenters.